The Morgan fingerprint density at radius 3 is 2.62 bits per heavy atom. The lowest BCUT2D eigenvalue weighted by Crippen LogP contribution is -2.38. The van der Waals surface area contributed by atoms with E-state index in [1.165, 1.54) is 0 Å². The Balaban J connectivity index is 2.10. The zero-order valence-corrected chi connectivity index (χ0v) is 8.31. The van der Waals surface area contributed by atoms with E-state index in [1.807, 2.05) is 0 Å². The highest BCUT2D eigenvalue weighted by atomic mass is 35.5. The molecule has 0 bridgehead atoms. The Bertz CT molecular complexity index is 310. The normalized spacial score (nSPS) is 16.8. The van der Waals surface area contributed by atoms with Gasteiger partial charge in [0.15, 0.2) is 0 Å². The van der Waals surface area contributed by atoms with Gasteiger partial charge in [-0.1, -0.05) is 23.2 Å². The highest BCUT2D eigenvalue weighted by Crippen LogP contribution is 2.29. The van der Waals surface area contributed by atoms with E-state index < -0.39 is 0 Å². The largest absolute Gasteiger partial charge is 0.484 e. The number of hydrogen-bond donors (Lipinski definition) is 0. The standard InChI is InChI=1S/C9H8Cl2O2/c10-6-1-2-9(8(11)3-6)13-7-4-12-5-7/h1-3,7H,4-5H2. The van der Waals surface area contributed by atoms with E-state index in [2.05, 4.69) is 0 Å². The predicted octanol–water partition coefficient (Wildman–Crippen LogP) is 2.77. The van der Waals surface area contributed by atoms with Crippen molar-refractivity contribution in [3.8, 4) is 5.75 Å². The molecule has 0 N–H and O–H groups in total. The Labute approximate surface area is 86.4 Å². The summed E-state index contributed by atoms with van der Waals surface area (Å²) in [6.45, 7) is 1.28. The number of hydrogen-bond acceptors (Lipinski definition) is 2. The second-order valence-electron chi connectivity index (χ2n) is 2.85. The lowest BCUT2D eigenvalue weighted by atomic mass is 10.3. The molecular weight excluding hydrogens is 211 g/mol. The van der Waals surface area contributed by atoms with Gasteiger partial charge in [0.25, 0.3) is 0 Å². The number of ether oxygens (including phenoxy) is 2. The first-order chi connectivity index (χ1) is 6.25. The van der Waals surface area contributed by atoms with E-state index in [4.69, 9.17) is 32.7 Å². The molecule has 0 aromatic heterocycles. The van der Waals surface area contributed by atoms with E-state index in [0.717, 1.165) is 0 Å². The molecule has 1 aromatic carbocycles. The van der Waals surface area contributed by atoms with Crippen LogP contribution in [0.2, 0.25) is 10.0 Å². The smallest absolute Gasteiger partial charge is 0.145 e. The van der Waals surface area contributed by atoms with Crippen LogP contribution in [0.1, 0.15) is 0 Å². The van der Waals surface area contributed by atoms with E-state index in [9.17, 15) is 0 Å². The van der Waals surface area contributed by atoms with Crippen molar-refractivity contribution in [3.63, 3.8) is 0 Å². The summed E-state index contributed by atoms with van der Waals surface area (Å²) in [7, 11) is 0. The molecule has 1 fully saturated rings. The number of rotatable bonds is 2. The Morgan fingerprint density at radius 1 is 1.31 bits per heavy atom. The molecule has 1 aliphatic heterocycles. The van der Waals surface area contributed by atoms with Gasteiger partial charge in [0.1, 0.15) is 11.9 Å². The van der Waals surface area contributed by atoms with Gasteiger partial charge in [-0.2, -0.15) is 0 Å². The highest BCUT2D eigenvalue weighted by Gasteiger charge is 2.20. The number of benzene rings is 1. The van der Waals surface area contributed by atoms with E-state index in [1.54, 1.807) is 18.2 Å². The Kier molecular flexibility index (Phi) is 2.63. The molecule has 0 amide bonds. The van der Waals surface area contributed by atoms with Crippen LogP contribution >= 0.6 is 23.2 Å². The van der Waals surface area contributed by atoms with Crippen molar-refractivity contribution in [1.29, 1.82) is 0 Å². The third-order valence-electron chi connectivity index (χ3n) is 1.80. The van der Waals surface area contributed by atoms with E-state index in [0.29, 0.717) is 29.0 Å². The zero-order chi connectivity index (χ0) is 9.26. The van der Waals surface area contributed by atoms with Gasteiger partial charge in [0.2, 0.25) is 0 Å². The van der Waals surface area contributed by atoms with Crippen molar-refractivity contribution in [2.75, 3.05) is 13.2 Å². The molecular formula is C9H8Cl2O2. The van der Waals surface area contributed by atoms with Gasteiger partial charge >= 0.3 is 0 Å². The summed E-state index contributed by atoms with van der Waals surface area (Å²) in [5, 5.41) is 1.15. The minimum atomic E-state index is 0.138. The molecule has 2 rings (SSSR count). The predicted molar refractivity (Wildman–Crippen MR) is 51.7 cm³/mol. The molecule has 1 saturated heterocycles. The molecule has 70 valence electrons. The van der Waals surface area contributed by atoms with Gasteiger partial charge < -0.3 is 9.47 Å². The third kappa shape index (κ3) is 2.08. The fourth-order valence-electron chi connectivity index (χ4n) is 1.03. The molecule has 0 unspecified atom stereocenters. The lowest BCUT2D eigenvalue weighted by Gasteiger charge is -2.27. The van der Waals surface area contributed by atoms with Crippen molar-refractivity contribution in [2.45, 2.75) is 6.10 Å². The molecule has 1 aromatic rings. The quantitative estimate of drug-likeness (QED) is 0.761. The number of halogens is 2. The average Bonchev–Trinajstić information content (AvgIpc) is 1.99. The summed E-state index contributed by atoms with van der Waals surface area (Å²) in [6, 6.07) is 5.18. The highest BCUT2D eigenvalue weighted by molar-refractivity contribution is 6.35. The maximum absolute atomic E-state index is 5.90. The molecule has 13 heavy (non-hydrogen) atoms. The van der Waals surface area contributed by atoms with Gasteiger partial charge in [-0.15, -0.1) is 0 Å². The second-order valence-corrected chi connectivity index (χ2v) is 3.70. The SMILES string of the molecule is Clc1ccc(OC2COC2)c(Cl)c1. The van der Waals surface area contributed by atoms with Gasteiger partial charge in [0.05, 0.1) is 18.2 Å². The summed E-state index contributed by atoms with van der Waals surface area (Å²) in [5.41, 5.74) is 0. The van der Waals surface area contributed by atoms with E-state index in [-0.39, 0.29) is 6.10 Å². The summed E-state index contributed by atoms with van der Waals surface area (Å²) in [4.78, 5) is 0. The summed E-state index contributed by atoms with van der Waals surface area (Å²) >= 11 is 11.6. The van der Waals surface area contributed by atoms with Gasteiger partial charge in [0, 0.05) is 5.02 Å². The first-order valence-electron chi connectivity index (χ1n) is 3.95. The Hall–Kier alpha value is -0.440. The van der Waals surface area contributed by atoms with Crippen LogP contribution in [-0.2, 0) is 4.74 Å². The van der Waals surface area contributed by atoms with Crippen molar-refractivity contribution in [2.24, 2.45) is 0 Å². The zero-order valence-electron chi connectivity index (χ0n) is 6.80. The molecule has 1 aliphatic rings. The molecule has 0 spiro atoms. The minimum absolute atomic E-state index is 0.138. The first kappa shape index (κ1) is 9.13. The van der Waals surface area contributed by atoms with Gasteiger partial charge in [-0.3, -0.25) is 0 Å². The summed E-state index contributed by atoms with van der Waals surface area (Å²) in [5.74, 6) is 0.666. The van der Waals surface area contributed by atoms with Crippen LogP contribution in [0, 0.1) is 0 Å². The molecule has 0 radical (unpaired) electrons. The van der Waals surface area contributed by atoms with Gasteiger partial charge in [-0.25, -0.2) is 0 Å². The van der Waals surface area contributed by atoms with Crippen LogP contribution in [0.15, 0.2) is 18.2 Å². The van der Waals surface area contributed by atoms with Crippen molar-refractivity contribution in [1.82, 2.24) is 0 Å². The van der Waals surface area contributed by atoms with Crippen LogP contribution in [0.25, 0.3) is 0 Å². The van der Waals surface area contributed by atoms with Crippen LogP contribution in [-0.4, -0.2) is 19.3 Å². The topological polar surface area (TPSA) is 18.5 Å². The van der Waals surface area contributed by atoms with Crippen LogP contribution < -0.4 is 4.74 Å². The minimum Gasteiger partial charge on any atom is -0.484 e. The fourth-order valence-corrected chi connectivity index (χ4v) is 1.49. The van der Waals surface area contributed by atoms with Crippen LogP contribution in [0.5, 0.6) is 5.75 Å². The Morgan fingerprint density at radius 2 is 2.08 bits per heavy atom. The summed E-state index contributed by atoms with van der Waals surface area (Å²) in [6.07, 6.45) is 0.138. The second kappa shape index (κ2) is 3.74. The summed E-state index contributed by atoms with van der Waals surface area (Å²) < 4.78 is 10.5. The molecule has 1 heterocycles. The molecule has 4 heteroatoms. The average molecular weight is 219 g/mol. The monoisotopic (exact) mass is 218 g/mol. The van der Waals surface area contributed by atoms with Crippen LogP contribution in [0.4, 0.5) is 0 Å². The fraction of sp³-hybridized carbons (Fsp3) is 0.333. The maximum atomic E-state index is 5.90. The first-order valence-corrected chi connectivity index (χ1v) is 4.71. The van der Waals surface area contributed by atoms with Gasteiger partial charge in [-0.05, 0) is 18.2 Å². The maximum Gasteiger partial charge on any atom is 0.145 e. The van der Waals surface area contributed by atoms with E-state index >= 15 is 0 Å². The molecule has 0 saturated carbocycles. The third-order valence-corrected chi connectivity index (χ3v) is 2.33. The van der Waals surface area contributed by atoms with Crippen molar-refractivity contribution < 1.29 is 9.47 Å². The molecule has 0 aliphatic carbocycles. The van der Waals surface area contributed by atoms with Crippen molar-refractivity contribution in [3.05, 3.63) is 28.2 Å². The van der Waals surface area contributed by atoms with Crippen LogP contribution in [0.3, 0.4) is 0 Å². The lowest BCUT2D eigenvalue weighted by molar-refractivity contribution is -0.0796. The molecule has 2 nitrogen and oxygen atoms in total. The van der Waals surface area contributed by atoms with Crippen molar-refractivity contribution >= 4 is 23.2 Å². The molecule has 0 atom stereocenters.